The third-order valence-corrected chi connectivity index (χ3v) is 3.88. The molecule has 1 heterocycles. The summed E-state index contributed by atoms with van der Waals surface area (Å²) >= 11 is 1.50. The molecule has 0 saturated carbocycles. The number of hydrogen-bond acceptors (Lipinski definition) is 4. The molecule has 2 rings (SSSR count). The van der Waals surface area contributed by atoms with Crippen LogP contribution in [0.3, 0.4) is 0 Å². The lowest BCUT2D eigenvalue weighted by Gasteiger charge is -2.10. The van der Waals surface area contributed by atoms with Crippen LogP contribution in [0.25, 0.3) is 10.1 Å². The van der Waals surface area contributed by atoms with Crippen LogP contribution in [0.4, 0.5) is 0 Å². The second-order valence-electron chi connectivity index (χ2n) is 3.95. The maximum atomic E-state index is 11.1. The van der Waals surface area contributed by atoms with Crippen molar-refractivity contribution in [2.45, 2.75) is 12.8 Å². The van der Waals surface area contributed by atoms with Crippen molar-refractivity contribution < 1.29 is 19.4 Å². The van der Waals surface area contributed by atoms with Crippen molar-refractivity contribution in [3.63, 3.8) is 0 Å². The van der Waals surface area contributed by atoms with E-state index < -0.39 is 11.9 Å². The SMILES string of the molecule is COc1cc(OC)c2c(C(C)C(=O)O)csc2c1. The fourth-order valence-corrected chi connectivity index (χ4v) is 2.96. The van der Waals surface area contributed by atoms with Crippen LogP contribution in [0.2, 0.25) is 0 Å². The Kier molecular flexibility index (Phi) is 3.43. The maximum Gasteiger partial charge on any atom is 0.310 e. The molecule has 2 aromatic rings. The summed E-state index contributed by atoms with van der Waals surface area (Å²) in [6.45, 7) is 1.67. The van der Waals surface area contributed by atoms with E-state index in [1.54, 1.807) is 27.2 Å². The summed E-state index contributed by atoms with van der Waals surface area (Å²) in [5, 5.41) is 11.8. The molecule has 96 valence electrons. The van der Waals surface area contributed by atoms with E-state index in [9.17, 15) is 4.79 Å². The predicted octanol–water partition coefficient (Wildman–Crippen LogP) is 3.11. The molecule has 4 nitrogen and oxygen atoms in total. The predicted molar refractivity (Wildman–Crippen MR) is 71.0 cm³/mol. The Balaban J connectivity index is 2.68. The molecule has 1 unspecified atom stereocenters. The molecule has 0 spiro atoms. The number of ether oxygens (including phenoxy) is 2. The van der Waals surface area contributed by atoms with Gasteiger partial charge in [0.25, 0.3) is 0 Å². The lowest BCUT2D eigenvalue weighted by molar-refractivity contribution is -0.138. The summed E-state index contributed by atoms with van der Waals surface area (Å²) in [5.74, 6) is -0.0435. The summed E-state index contributed by atoms with van der Waals surface area (Å²) in [6.07, 6.45) is 0. The molecule has 0 saturated heterocycles. The number of fused-ring (bicyclic) bond motifs is 1. The van der Waals surface area contributed by atoms with Gasteiger partial charge < -0.3 is 14.6 Å². The number of carboxylic acid groups (broad SMARTS) is 1. The van der Waals surface area contributed by atoms with Crippen LogP contribution in [0.15, 0.2) is 17.5 Å². The minimum Gasteiger partial charge on any atom is -0.497 e. The number of thiophene rings is 1. The molecule has 0 bridgehead atoms. The largest absolute Gasteiger partial charge is 0.497 e. The van der Waals surface area contributed by atoms with E-state index in [2.05, 4.69) is 0 Å². The summed E-state index contributed by atoms with van der Waals surface area (Å²) in [6, 6.07) is 3.66. The minimum absolute atomic E-state index is 0.555. The van der Waals surface area contributed by atoms with E-state index in [1.165, 1.54) is 11.3 Å². The van der Waals surface area contributed by atoms with E-state index >= 15 is 0 Å². The molecule has 0 aliphatic carbocycles. The summed E-state index contributed by atoms with van der Waals surface area (Å²) in [4.78, 5) is 11.1. The molecule has 1 atom stereocenters. The molecule has 0 amide bonds. The van der Waals surface area contributed by atoms with Crippen LogP contribution in [0, 0.1) is 0 Å². The van der Waals surface area contributed by atoms with Crippen molar-refractivity contribution in [1.29, 1.82) is 0 Å². The van der Waals surface area contributed by atoms with Crippen molar-refractivity contribution in [3.05, 3.63) is 23.1 Å². The first kappa shape index (κ1) is 12.7. The Morgan fingerprint density at radius 1 is 1.33 bits per heavy atom. The highest BCUT2D eigenvalue weighted by atomic mass is 32.1. The zero-order chi connectivity index (χ0) is 13.3. The molecule has 0 aliphatic rings. The summed E-state index contributed by atoms with van der Waals surface area (Å²) < 4.78 is 11.5. The Labute approximate surface area is 109 Å². The average molecular weight is 266 g/mol. The second kappa shape index (κ2) is 4.86. The number of aliphatic carboxylic acids is 1. The third-order valence-electron chi connectivity index (χ3n) is 2.93. The van der Waals surface area contributed by atoms with Gasteiger partial charge in [-0.2, -0.15) is 0 Å². The minimum atomic E-state index is -0.840. The normalized spacial score (nSPS) is 12.4. The van der Waals surface area contributed by atoms with Gasteiger partial charge in [-0.1, -0.05) is 0 Å². The number of benzene rings is 1. The van der Waals surface area contributed by atoms with E-state index in [-0.39, 0.29) is 0 Å². The summed E-state index contributed by atoms with van der Waals surface area (Å²) in [7, 11) is 3.16. The molecular formula is C13H14O4S. The standard InChI is InChI=1S/C13H14O4S/c1-7(13(14)15)9-6-18-11-5-8(16-2)4-10(17-3)12(9)11/h4-7H,1-3H3,(H,14,15). The van der Waals surface area contributed by atoms with E-state index in [1.807, 2.05) is 11.4 Å². The molecule has 0 fully saturated rings. The first-order valence-electron chi connectivity index (χ1n) is 5.44. The molecule has 1 aromatic carbocycles. The first-order chi connectivity index (χ1) is 8.58. The molecule has 0 radical (unpaired) electrons. The number of rotatable bonds is 4. The van der Waals surface area contributed by atoms with Gasteiger partial charge in [0, 0.05) is 16.2 Å². The molecular weight excluding hydrogens is 252 g/mol. The fourth-order valence-electron chi connectivity index (χ4n) is 1.86. The van der Waals surface area contributed by atoms with Crippen LogP contribution < -0.4 is 9.47 Å². The van der Waals surface area contributed by atoms with Gasteiger partial charge in [-0.15, -0.1) is 11.3 Å². The molecule has 1 N–H and O–H groups in total. The van der Waals surface area contributed by atoms with Crippen LogP contribution >= 0.6 is 11.3 Å². The number of hydrogen-bond donors (Lipinski definition) is 1. The zero-order valence-corrected chi connectivity index (χ0v) is 11.2. The Hall–Kier alpha value is -1.75. The van der Waals surface area contributed by atoms with E-state index in [0.29, 0.717) is 11.5 Å². The quantitative estimate of drug-likeness (QED) is 0.923. The third kappa shape index (κ3) is 2.01. The zero-order valence-electron chi connectivity index (χ0n) is 10.4. The Morgan fingerprint density at radius 2 is 2.06 bits per heavy atom. The molecule has 5 heteroatoms. The molecule has 18 heavy (non-hydrogen) atoms. The second-order valence-corrected chi connectivity index (χ2v) is 4.86. The first-order valence-corrected chi connectivity index (χ1v) is 6.32. The van der Waals surface area contributed by atoms with Crippen molar-refractivity contribution in [2.75, 3.05) is 14.2 Å². The number of carbonyl (C=O) groups is 1. The molecule has 0 aliphatic heterocycles. The van der Waals surface area contributed by atoms with Gasteiger partial charge >= 0.3 is 5.97 Å². The fraction of sp³-hybridized carbons (Fsp3) is 0.308. The van der Waals surface area contributed by atoms with Crippen LogP contribution in [-0.2, 0) is 4.79 Å². The van der Waals surface area contributed by atoms with Crippen LogP contribution in [0.5, 0.6) is 11.5 Å². The molecule has 1 aromatic heterocycles. The van der Waals surface area contributed by atoms with Gasteiger partial charge in [-0.3, -0.25) is 4.79 Å². The van der Waals surface area contributed by atoms with Crippen LogP contribution in [0.1, 0.15) is 18.4 Å². The van der Waals surface area contributed by atoms with Crippen molar-refractivity contribution in [3.8, 4) is 11.5 Å². The van der Waals surface area contributed by atoms with Gasteiger partial charge in [0.2, 0.25) is 0 Å². The maximum absolute atomic E-state index is 11.1. The lowest BCUT2D eigenvalue weighted by Crippen LogP contribution is -2.06. The highest BCUT2D eigenvalue weighted by molar-refractivity contribution is 7.17. The lowest BCUT2D eigenvalue weighted by atomic mass is 10.00. The monoisotopic (exact) mass is 266 g/mol. The van der Waals surface area contributed by atoms with Crippen LogP contribution in [-0.4, -0.2) is 25.3 Å². The van der Waals surface area contributed by atoms with Crippen molar-refractivity contribution in [1.82, 2.24) is 0 Å². The number of carboxylic acids is 1. The Bertz CT molecular complexity index is 588. The van der Waals surface area contributed by atoms with Crippen molar-refractivity contribution in [2.24, 2.45) is 0 Å². The number of methoxy groups -OCH3 is 2. The average Bonchev–Trinajstić information content (AvgIpc) is 2.80. The van der Waals surface area contributed by atoms with Gasteiger partial charge in [0.1, 0.15) is 11.5 Å². The van der Waals surface area contributed by atoms with Gasteiger partial charge in [-0.05, 0) is 23.9 Å². The van der Waals surface area contributed by atoms with Gasteiger partial charge in [0.05, 0.1) is 20.1 Å². The van der Waals surface area contributed by atoms with Crippen molar-refractivity contribution >= 4 is 27.4 Å². The van der Waals surface area contributed by atoms with E-state index in [0.717, 1.165) is 15.6 Å². The highest BCUT2D eigenvalue weighted by Gasteiger charge is 2.21. The van der Waals surface area contributed by atoms with Gasteiger partial charge in [-0.25, -0.2) is 0 Å². The smallest absolute Gasteiger partial charge is 0.310 e. The Morgan fingerprint density at radius 3 is 2.61 bits per heavy atom. The topological polar surface area (TPSA) is 55.8 Å². The van der Waals surface area contributed by atoms with E-state index in [4.69, 9.17) is 14.6 Å². The highest BCUT2D eigenvalue weighted by Crippen LogP contribution is 2.40. The van der Waals surface area contributed by atoms with Gasteiger partial charge in [0.15, 0.2) is 0 Å². The summed E-state index contributed by atoms with van der Waals surface area (Å²) in [5.41, 5.74) is 0.780.